The molecular formula is C18H26O8. The van der Waals surface area contributed by atoms with E-state index in [1.807, 2.05) is 0 Å². The fourth-order valence-corrected chi connectivity index (χ4v) is 4.98. The van der Waals surface area contributed by atoms with E-state index in [-0.39, 0.29) is 25.7 Å². The number of aliphatic carboxylic acids is 4. The molecule has 2 saturated carbocycles. The van der Waals surface area contributed by atoms with Crippen molar-refractivity contribution in [1.82, 2.24) is 0 Å². The molecule has 4 N–H and O–H groups in total. The van der Waals surface area contributed by atoms with Crippen LogP contribution in [0.25, 0.3) is 0 Å². The first kappa shape index (κ1) is 20.2. The van der Waals surface area contributed by atoms with Crippen molar-refractivity contribution in [3.8, 4) is 0 Å². The van der Waals surface area contributed by atoms with E-state index in [0.29, 0.717) is 38.5 Å². The largest absolute Gasteiger partial charge is 0.481 e. The number of hydrogen-bond donors (Lipinski definition) is 4. The molecule has 8 heteroatoms. The Labute approximate surface area is 151 Å². The van der Waals surface area contributed by atoms with Crippen LogP contribution in [0.5, 0.6) is 0 Å². The molecule has 0 aliphatic heterocycles. The SMILES string of the molecule is O=C(O)C1CCCCCC(C(=O)O)(C2(C(=O)O)CCCC(C(=O)O)C2)C1. The Kier molecular flexibility index (Phi) is 5.93. The Morgan fingerprint density at radius 1 is 0.615 bits per heavy atom. The second-order valence-electron chi connectivity index (χ2n) is 7.74. The van der Waals surface area contributed by atoms with Crippen LogP contribution < -0.4 is 0 Å². The lowest BCUT2D eigenvalue weighted by atomic mass is 9.50. The van der Waals surface area contributed by atoms with Crippen LogP contribution >= 0.6 is 0 Å². The lowest BCUT2D eigenvalue weighted by Crippen LogP contribution is -2.56. The van der Waals surface area contributed by atoms with Crippen molar-refractivity contribution < 1.29 is 39.6 Å². The van der Waals surface area contributed by atoms with Gasteiger partial charge in [-0.1, -0.05) is 25.7 Å². The maximum atomic E-state index is 12.4. The molecule has 2 aliphatic carbocycles. The van der Waals surface area contributed by atoms with Gasteiger partial charge in [-0.05, 0) is 38.5 Å². The molecule has 0 aromatic rings. The lowest BCUT2D eigenvalue weighted by Gasteiger charge is -2.50. The van der Waals surface area contributed by atoms with Crippen LogP contribution in [0.3, 0.4) is 0 Å². The molecule has 0 amide bonds. The third-order valence-corrected chi connectivity index (χ3v) is 6.44. The van der Waals surface area contributed by atoms with Crippen LogP contribution in [0.4, 0.5) is 0 Å². The van der Waals surface area contributed by atoms with Crippen molar-refractivity contribution in [1.29, 1.82) is 0 Å². The summed E-state index contributed by atoms with van der Waals surface area (Å²) in [6.07, 6.45) is 2.29. The van der Waals surface area contributed by atoms with E-state index < -0.39 is 46.5 Å². The third kappa shape index (κ3) is 3.41. The second kappa shape index (κ2) is 7.63. The van der Waals surface area contributed by atoms with E-state index >= 15 is 0 Å². The van der Waals surface area contributed by atoms with Crippen molar-refractivity contribution >= 4 is 23.9 Å². The highest BCUT2D eigenvalue weighted by Gasteiger charge is 2.63. The van der Waals surface area contributed by atoms with Gasteiger partial charge in [0.05, 0.1) is 22.7 Å². The molecule has 146 valence electrons. The average molecular weight is 370 g/mol. The summed E-state index contributed by atoms with van der Waals surface area (Å²) in [5.41, 5.74) is -3.53. The van der Waals surface area contributed by atoms with E-state index in [9.17, 15) is 39.6 Å². The minimum atomic E-state index is -1.77. The van der Waals surface area contributed by atoms with Crippen LogP contribution in [0, 0.1) is 22.7 Å². The quantitative estimate of drug-likeness (QED) is 0.576. The van der Waals surface area contributed by atoms with Gasteiger partial charge in [0.15, 0.2) is 0 Å². The standard InChI is InChI=1S/C18H26O8/c19-13(20)11-5-2-1-3-7-17(9-11,15(23)24)18(16(25)26)8-4-6-12(10-18)14(21)22/h11-12H,1-10H2,(H,19,20)(H,21,22)(H,23,24)(H,25,26). The van der Waals surface area contributed by atoms with Crippen LogP contribution in [-0.2, 0) is 19.2 Å². The highest BCUT2D eigenvalue weighted by molar-refractivity contribution is 5.88. The summed E-state index contributed by atoms with van der Waals surface area (Å²) >= 11 is 0. The summed E-state index contributed by atoms with van der Waals surface area (Å²) in [6.45, 7) is 0. The fraction of sp³-hybridized carbons (Fsp3) is 0.778. The van der Waals surface area contributed by atoms with Gasteiger partial charge in [0.2, 0.25) is 0 Å². The molecule has 0 heterocycles. The minimum Gasteiger partial charge on any atom is -0.481 e. The maximum absolute atomic E-state index is 12.4. The summed E-state index contributed by atoms with van der Waals surface area (Å²) in [5, 5.41) is 39.0. The Hall–Kier alpha value is -2.12. The highest BCUT2D eigenvalue weighted by atomic mass is 16.4. The summed E-state index contributed by atoms with van der Waals surface area (Å²) in [7, 11) is 0. The van der Waals surface area contributed by atoms with Crippen LogP contribution in [-0.4, -0.2) is 44.3 Å². The van der Waals surface area contributed by atoms with Crippen LogP contribution in [0.1, 0.15) is 64.2 Å². The van der Waals surface area contributed by atoms with E-state index in [2.05, 4.69) is 0 Å². The van der Waals surface area contributed by atoms with Gasteiger partial charge in [0, 0.05) is 0 Å². The van der Waals surface area contributed by atoms with E-state index in [1.54, 1.807) is 0 Å². The zero-order valence-corrected chi connectivity index (χ0v) is 14.6. The normalized spacial score (nSPS) is 35.7. The van der Waals surface area contributed by atoms with Gasteiger partial charge in [-0.3, -0.25) is 19.2 Å². The van der Waals surface area contributed by atoms with E-state index in [0.717, 1.165) is 0 Å². The Morgan fingerprint density at radius 3 is 1.46 bits per heavy atom. The molecule has 0 saturated heterocycles. The Morgan fingerprint density at radius 2 is 1.04 bits per heavy atom. The first-order valence-electron chi connectivity index (χ1n) is 9.09. The molecular weight excluding hydrogens is 344 g/mol. The van der Waals surface area contributed by atoms with Crippen molar-refractivity contribution in [2.75, 3.05) is 0 Å². The topological polar surface area (TPSA) is 149 Å². The van der Waals surface area contributed by atoms with E-state index in [4.69, 9.17) is 0 Å². The van der Waals surface area contributed by atoms with Gasteiger partial charge in [-0.25, -0.2) is 0 Å². The maximum Gasteiger partial charge on any atom is 0.310 e. The summed E-state index contributed by atoms with van der Waals surface area (Å²) in [4.78, 5) is 47.8. The molecule has 2 aliphatic rings. The molecule has 0 radical (unpaired) electrons. The number of carbonyl (C=O) groups is 4. The van der Waals surface area contributed by atoms with Gasteiger partial charge < -0.3 is 20.4 Å². The number of rotatable bonds is 5. The summed E-state index contributed by atoms with van der Waals surface area (Å²) < 4.78 is 0. The molecule has 8 nitrogen and oxygen atoms in total. The molecule has 0 spiro atoms. The predicted molar refractivity (Wildman–Crippen MR) is 88.6 cm³/mol. The van der Waals surface area contributed by atoms with Crippen LogP contribution in [0.15, 0.2) is 0 Å². The molecule has 0 bridgehead atoms. The zero-order chi connectivity index (χ0) is 19.5. The first-order chi connectivity index (χ1) is 12.2. The lowest BCUT2D eigenvalue weighted by molar-refractivity contribution is -0.187. The zero-order valence-electron chi connectivity index (χ0n) is 14.6. The molecule has 4 unspecified atom stereocenters. The number of carboxylic acid groups (broad SMARTS) is 4. The number of carboxylic acids is 4. The Balaban J connectivity index is 2.57. The van der Waals surface area contributed by atoms with Crippen molar-refractivity contribution in [2.24, 2.45) is 22.7 Å². The summed E-state index contributed by atoms with van der Waals surface area (Å²) in [5.74, 6) is -6.76. The van der Waals surface area contributed by atoms with Crippen LogP contribution in [0.2, 0.25) is 0 Å². The minimum absolute atomic E-state index is 0.0603. The van der Waals surface area contributed by atoms with Crippen molar-refractivity contribution in [3.05, 3.63) is 0 Å². The second-order valence-corrected chi connectivity index (χ2v) is 7.74. The third-order valence-electron chi connectivity index (χ3n) is 6.44. The van der Waals surface area contributed by atoms with E-state index in [1.165, 1.54) is 0 Å². The monoisotopic (exact) mass is 370 g/mol. The smallest absolute Gasteiger partial charge is 0.310 e. The van der Waals surface area contributed by atoms with Crippen molar-refractivity contribution in [2.45, 2.75) is 64.2 Å². The van der Waals surface area contributed by atoms with Gasteiger partial charge in [-0.15, -0.1) is 0 Å². The fourth-order valence-electron chi connectivity index (χ4n) is 4.98. The predicted octanol–water partition coefficient (Wildman–Crippen LogP) is 2.46. The summed E-state index contributed by atoms with van der Waals surface area (Å²) in [6, 6.07) is 0. The average Bonchev–Trinajstić information content (AvgIpc) is 2.54. The molecule has 26 heavy (non-hydrogen) atoms. The molecule has 0 aromatic carbocycles. The highest BCUT2D eigenvalue weighted by Crippen LogP contribution is 2.58. The van der Waals surface area contributed by atoms with Gasteiger partial charge in [0.1, 0.15) is 0 Å². The molecule has 2 rings (SSSR count). The van der Waals surface area contributed by atoms with Gasteiger partial charge >= 0.3 is 23.9 Å². The molecule has 0 aromatic heterocycles. The molecule has 2 fully saturated rings. The van der Waals surface area contributed by atoms with Crippen molar-refractivity contribution in [3.63, 3.8) is 0 Å². The Bertz CT molecular complexity index is 600. The molecule has 4 atom stereocenters. The number of hydrogen-bond acceptors (Lipinski definition) is 4. The first-order valence-corrected chi connectivity index (χ1v) is 9.09. The van der Waals surface area contributed by atoms with Gasteiger partial charge in [-0.2, -0.15) is 0 Å². The van der Waals surface area contributed by atoms with Gasteiger partial charge in [0.25, 0.3) is 0 Å².